The highest BCUT2D eigenvalue weighted by Crippen LogP contribution is 2.18. The summed E-state index contributed by atoms with van der Waals surface area (Å²) in [6, 6.07) is 8.59. The molecule has 0 fully saturated rings. The molecule has 1 aromatic carbocycles. The predicted molar refractivity (Wildman–Crippen MR) is 82.6 cm³/mol. The highest BCUT2D eigenvalue weighted by atomic mass is 16.3. The van der Waals surface area contributed by atoms with Crippen molar-refractivity contribution >= 4 is 0 Å². The molecule has 1 rings (SSSR count). The largest absolute Gasteiger partial charge is 0.389 e. The Morgan fingerprint density at radius 1 is 1.11 bits per heavy atom. The highest BCUT2D eigenvalue weighted by molar-refractivity contribution is 5.25. The van der Waals surface area contributed by atoms with Gasteiger partial charge in [0.05, 0.1) is 5.60 Å². The summed E-state index contributed by atoms with van der Waals surface area (Å²) >= 11 is 0. The van der Waals surface area contributed by atoms with Gasteiger partial charge in [0.1, 0.15) is 0 Å². The Kier molecular flexibility index (Phi) is 6.02. The minimum Gasteiger partial charge on any atom is -0.389 e. The minimum absolute atomic E-state index is 0.558. The van der Waals surface area contributed by atoms with Crippen molar-refractivity contribution in [3.05, 3.63) is 35.4 Å². The van der Waals surface area contributed by atoms with Gasteiger partial charge in [-0.3, -0.25) is 0 Å². The third kappa shape index (κ3) is 6.22. The quantitative estimate of drug-likeness (QED) is 0.790. The smallest absolute Gasteiger partial charge is 0.0783 e. The Balaban J connectivity index is 2.52. The second-order valence-corrected chi connectivity index (χ2v) is 6.59. The van der Waals surface area contributed by atoms with Gasteiger partial charge in [-0.15, -0.1) is 0 Å². The van der Waals surface area contributed by atoms with E-state index in [1.54, 1.807) is 0 Å². The molecule has 0 saturated carbocycles. The van der Waals surface area contributed by atoms with Crippen molar-refractivity contribution in [3.8, 4) is 0 Å². The average molecular weight is 263 g/mol. The first-order chi connectivity index (χ1) is 8.80. The molecule has 0 aliphatic heterocycles. The Bertz CT molecular complexity index is 365. The van der Waals surface area contributed by atoms with Gasteiger partial charge in [-0.25, -0.2) is 0 Å². The average Bonchev–Trinajstić information content (AvgIpc) is 2.28. The van der Waals surface area contributed by atoms with Crippen LogP contribution in [0.4, 0.5) is 0 Å². The Hall–Kier alpha value is -0.860. The zero-order chi connectivity index (χ0) is 14.5. The zero-order valence-corrected chi connectivity index (χ0v) is 13.0. The van der Waals surface area contributed by atoms with E-state index < -0.39 is 5.60 Å². The second-order valence-electron chi connectivity index (χ2n) is 6.59. The summed E-state index contributed by atoms with van der Waals surface area (Å²) in [5, 5.41) is 13.7. The van der Waals surface area contributed by atoms with E-state index in [-0.39, 0.29) is 0 Å². The van der Waals surface area contributed by atoms with Gasteiger partial charge in [0.2, 0.25) is 0 Å². The molecule has 0 amide bonds. The summed E-state index contributed by atoms with van der Waals surface area (Å²) in [5.74, 6) is 1.17. The molecule has 0 bridgehead atoms. The third-order valence-electron chi connectivity index (χ3n) is 3.29. The van der Waals surface area contributed by atoms with Gasteiger partial charge in [-0.1, -0.05) is 52.0 Å². The molecule has 0 aliphatic carbocycles. The number of nitrogens with one attached hydrogen (secondary N) is 1. The molecule has 2 N–H and O–H groups in total. The first kappa shape index (κ1) is 16.2. The SMILES string of the molecule is CC(C)CNCC(C)(O)Cc1ccc(C(C)C)cc1. The van der Waals surface area contributed by atoms with Gasteiger partial charge >= 0.3 is 0 Å². The van der Waals surface area contributed by atoms with E-state index in [1.807, 2.05) is 6.92 Å². The number of rotatable bonds is 7. The lowest BCUT2D eigenvalue weighted by molar-refractivity contribution is 0.0596. The molecular formula is C17H29NO. The van der Waals surface area contributed by atoms with Crippen molar-refractivity contribution in [1.29, 1.82) is 0 Å². The van der Waals surface area contributed by atoms with E-state index in [0.29, 0.717) is 24.8 Å². The van der Waals surface area contributed by atoms with Crippen LogP contribution in [0, 0.1) is 5.92 Å². The number of hydrogen-bond acceptors (Lipinski definition) is 2. The normalized spacial score (nSPS) is 14.9. The maximum atomic E-state index is 10.4. The van der Waals surface area contributed by atoms with Gasteiger partial charge in [-0.05, 0) is 36.4 Å². The molecular weight excluding hydrogens is 234 g/mol. The van der Waals surface area contributed by atoms with Gasteiger partial charge in [-0.2, -0.15) is 0 Å². The molecule has 0 aliphatic rings. The van der Waals surface area contributed by atoms with Crippen molar-refractivity contribution in [1.82, 2.24) is 5.32 Å². The van der Waals surface area contributed by atoms with Crippen LogP contribution in [0.15, 0.2) is 24.3 Å². The molecule has 1 atom stereocenters. The van der Waals surface area contributed by atoms with Gasteiger partial charge in [0, 0.05) is 13.0 Å². The Morgan fingerprint density at radius 2 is 1.68 bits per heavy atom. The molecule has 0 spiro atoms. The number of benzene rings is 1. The van der Waals surface area contributed by atoms with Crippen LogP contribution in [0.25, 0.3) is 0 Å². The summed E-state index contributed by atoms with van der Waals surface area (Å²) in [4.78, 5) is 0. The number of hydrogen-bond donors (Lipinski definition) is 2. The van der Waals surface area contributed by atoms with E-state index in [9.17, 15) is 5.11 Å². The molecule has 1 unspecified atom stereocenters. The van der Waals surface area contributed by atoms with Crippen LogP contribution >= 0.6 is 0 Å². The van der Waals surface area contributed by atoms with Crippen LogP contribution in [0.5, 0.6) is 0 Å². The van der Waals surface area contributed by atoms with Crippen molar-refractivity contribution in [3.63, 3.8) is 0 Å². The molecule has 19 heavy (non-hydrogen) atoms. The molecule has 0 heterocycles. The maximum absolute atomic E-state index is 10.4. The fraction of sp³-hybridized carbons (Fsp3) is 0.647. The zero-order valence-electron chi connectivity index (χ0n) is 13.0. The van der Waals surface area contributed by atoms with Crippen molar-refractivity contribution in [2.75, 3.05) is 13.1 Å². The molecule has 0 saturated heterocycles. The standard InChI is InChI=1S/C17H29NO/c1-13(2)11-18-12-17(5,19)10-15-6-8-16(9-7-15)14(3)4/h6-9,13-14,18-19H,10-12H2,1-5H3. The van der Waals surface area contributed by atoms with Crippen LogP contribution in [-0.2, 0) is 6.42 Å². The maximum Gasteiger partial charge on any atom is 0.0783 e. The lowest BCUT2D eigenvalue weighted by atomic mass is 9.94. The van der Waals surface area contributed by atoms with E-state index in [4.69, 9.17) is 0 Å². The minimum atomic E-state index is -0.686. The van der Waals surface area contributed by atoms with E-state index in [1.165, 1.54) is 11.1 Å². The molecule has 2 heteroatoms. The van der Waals surface area contributed by atoms with Crippen LogP contribution in [-0.4, -0.2) is 23.8 Å². The van der Waals surface area contributed by atoms with Crippen molar-refractivity contribution < 1.29 is 5.11 Å². The summed E-state index contributed by atoms with van der Waals surface area (Å²) in [6.07, 6.45) is 0.691. The second kappa shape index (κ2) is 7.06. The Morgan fingerprint density at radius 3 is 2.16 bits per heavy atom. The van der Waals surface area contributed by atoms with Gasteiger partial charge in [0.25, 0.3) is 0 Å². The van der Waals surface area contributed by atoms with Crippen molar-refractivity contribution in [2.45, 2.75) is 52.6 Å². The van der Waals surface area contributed by atoms with Crippen LogP contribution in [0.1, 0.15) is 51.7 Å². The van der Waals surface area contributed by atoms with Crippen LogP contribution in [0.3, 0.4) is 0 Å². The number of aliphatic hydroxyl groups is 1. The molecule has 108 valence electrons. The topological polar surface area (TPSA) is 32.3 Å². The first-order valence-electron chi connectivity index (χ1n) is 7.32. The summed E-state index contributed by atoms with van der Waals surface area (Å²) in [6.45, 7) is 12.2. The fourth-order valence-corrected chi connectivity index (χ4v) is 2.15. The van der Waals surface area contributed by atoms with E-state index in [0.717, 1.165) is 6.54 Å². The molecule has 2 nitrogen and oxygen atoms in total. The lowest BCUT2D eigenvalue weighted by Crippen LogP contribution is -2.40. The van der Waals surface area contributed by atoms with Crippen LogP contribution < -0.4 is 5.32 Å². The molecule has 0 aromatic heterocycles. The predicted octanol–water partition coefficient (Wildman–Crippen LogP) is 3.35. The monoisotopic (exact) mass is 263 g/mol. The van der Waals surface area contributed by atoms with Crippen molar-refractivity contribution in [2.24, 2.45) is 5.92 Å². The van der Waals surface area contributed by atoms with E-state index >= 15 is 0 Å². The molecule has 1 aromatic rings. The third-order valence-corrected chi connectivity index (χ3v) is 3.29. The van der Waals surface area contributed by atoms with Crippen LogP contribution in [0.2, 0.25) is 0 Å². The summed E-state index contributed by atoms with van der Waals surface area (Å²) in [5.41, 5.74) is 1.86. The molecule has 0 radical (unpaired) electrons. The van der Waals surface area contributed by atoms with Gasteiger partial charge in [0.15, 0.2) is 0 Å². The highest BCUT2D eigenvalue weighted by Gasteiger charge is 2.20. The fourth-order valence-electron chi connectivity index (χ4n) is 2.15. The lowest BCUT2D eigenvalue weighted by Gasteiger charge is -2.24. The van der Waals surface area contributed by atoms with E-state index in [2.05, 4.69) is 57.3 Å². The summed E-state index contributed by atoms with van der Waals surface area (Å²) < 4.78 is 0. The van der Waals surface area contributed by atoms with Gasteiger partial charge < -0.3 is 10.4 Å². The Labute approximate surface area is 118 Å². The summed E-state index contributed by atoms with van der Waals surface area (Å²) in [7, 11) is 0. The first-order valence-corrected chi connectivity index (χ1v) is 7.32.